The Balaban J connectivity index is 2.34. The molecule has 2 nitrogen and oxygen atoms in total. The smallest absolute Gasteiger partial charge is 0.0898 e. The fraction of sp³-hybridized carbons (Fsp3) is 0.333. The van der Waals surface area contributed by atoms with Gasteiger partial charge in [-0.15, -0.1) is 0 Å². The van der Waals surface area contributed by atoms with E-state index in [2.05, 4.69) is 32.8 Å². The Hall–Kier alpha value is -0.960. The molecule has 1 aromatic heterocycles. The predicted molar refractivity (Wildman–Crippen MR) is 65.9 cm³/mol. The van der Waals surface area contributed by atoms with Gasteiger partial charge in [-0.2, -0.15) is 0 Å². The molecule has 15 heavy (non-hydrogen) atoms. The molecule has 3 heteroatoms. The monoisotopic (exact) mass is 264 g/mol. The number of nitrogens with zero attached hydrogens (tertiary/aromatic N) is 2. The van der Waals surface area contributed by atoms with Crippen molar-refractivity contribution in [3.63, 3.8) is 0 Å². The van der Waals surface area contributed by atoms with E-state index in [-0.39, 0.29) is 0 Å². The Labute approximate surface area is 97.9 Å². The first-order valence-corrected chi connectivity index (χ1v) is 6.00. The molecule has 0 aliphatic heterocycles. The van der Waals surface area contributed by atoms with Crippen molar-refractivity contribution in [3.05, 3.63) is 34.6 Å². The minimum absolute atomic E-state index is 0.949. The van der Waals surface area contributed by atoms with Crippen LogP contribution in [0.5, 0.6) is 0 Å². The number of fused-ring (bicyclic) bond motifs is 1. The summed E-state index contributed by atoms with van der Waals surface area (Å²) in [4.78, 5) is 8.97. The first-order chi connectivity index (χ1) is 7.29. The third kappa shape index (κ3) is 2.53. The molecule has 2 aromatic rings. The van der Waals surface area contributed by atoms with Crippen LogP contribution in [-0.4, -0.2) is 9.97 Å². The number of benzene rings is 1. The molecule has 0 saturated carbocycles. The largest absolute Gasteiger partial charge is 0.253 e. The summed E-state index contributed by atoms with van der Waals surface area (Å²) in [7, 11) is 0. The molecule has 0 unspecified atom stereocenters. The highest BCUT2D eigenvalue weighted by Gasteiger charge is 2.00. The van der Waals surface area contributed by atoms with Crippen LogP contribution < -0.4 is 0 Å². The van der Waals surface area contributed by atoms with E-state index in [4.69, 9.17) is 0 Å². The minimum atomic E-state index is 0.949. The lowest BCUT2D eigenvalue weighted by Gasteiger charge is -2.01. The zero-order chi connectivity index (χ0) is 10.7. The van der Waals surface area contributed by atoms with Crippen LogP contribution in [0.15, 0.2) is 28.9 Å². The third-order valence-corrected chi connectivity index (χ3v) is 2.83. The van der Waals surface area contributed by atoms with Crippen molar-refractivity contribution in [2.75, 3.05) is 0 Å². The Bertz CT molecular complexity index is 468. The van der Waals surface area contributed by atoms with Crippen LogP contribution in [0.3, 0.4) is 0 Å². The standard InChI is InChI=1S/C12H13BrN2/c1-2-3-4-10-8-14-12-7-9(13)5-6-11(12)15-10/h5-8H,2-4H2,1H3. The third-order valence-electron chi connectivity index (χ3n) is 2.34. The van der Waals surface area contributed by atoms with Crippen molar-refractivity contribution >= 4 is 27.0 Å². The Morgan fingerprint density at radius 1 is 1.27 bits per heavy atom. The lowest BCUT2D eigenvalue weighted by Crippen LogP contribution is -1.92. The van der Waals surface area contributed by atoms with Crippen LogP contribution in [-0.2, 0) is 6.42 Å². The molecular weight excluding hydrogens is 252 g/mol. The number of halogens is 1. The zero-order valence-electron chi connectivity index (χ0n) is 8.70. The second-order valence-corrected chi connectivity index (χ2v) is 4.51. The predicted octanol–water partition coefficient (Wildman–Crippen LogP) is 3.73. The number of aryl methyl sites for hydroxylation is 1. The molecule has 0 amide bonds. The molecule has 1 heterocycles. The zero-order valence-corrected chi connectivity index (χ0v) is 10.3. The number of hydrogen-bond acceptors (Lipinski definition) is 2. The number of unbranched alkanes of at least 4 members (excludes halogenated alkanes) is 1. The van der Waals surface area contributed by atoms with Gasteiger partial charge in [-0.1, -0.05) is 29.3 Å². The second-order valence-electron chi connectivity index (χ2n) is 3.60. The molecule has 0 atom stereocenters. The molecule has 0 aliphatic carbocycles. The van der Waals surface area contributed by atoms with Gasteiger partial charge in [-0.05, 0) is 31.0 Å². The van der Waals surface area contributed by atoms with Gasteiger partial charge in [0, 0.05) is 10.7 Å². The summed E-state index contributed by atoms with van der Waals surface area (Å²) in [5, 5.41) is 0. The van der Waals surface area contributed by atoms with Crippen molar-refractivity contribution in [1.29, 1.82) is 0 Å². The molecule has 78 valence electrons. The maximum atomic E-state index is 4.57. The molecule has 0 fully saturated rings. The summed E-state index contributed by atoms with van der Waals surface area (Å²) >= 11 is 3.43. The topological polar surface area (TPSA) is 25.8 Å². The summed E-state index contributed by atoms with van der Waals surface area (Å²) < 4.78 is 1.05. The van der Waals surface area contributed by atoms with Gasteiger partial charge in [0.1, 0.15) is 0 Å². The Morgan fingerprint density at radius 3 is 2.93 bits per heavy atom. The van der Waals surface area contributed by atoms with Crippen molar-refractivity contribution in [1.82, 2.24) is 9.97 Å². The van der Waals surface area contributed by atoms with E-state index in [9.17, 15) is 0 Å². The molecule has 0 spiro atoms. The highest BCUT2D eigenvalue weighted by Crippen LogP contribution is 2.16. The van der Waals surface area contributed by atoms with Crippen LogP contribution in [0.25, 0.3) is 11.0 Å². The van der Waals surface area contributed by atoms with Crippen LogP contribution in [0.1, 0.15) is 25.5 Å². The fourth-order valence-electron chi connectivity index (χ4n) is 1.50. The van der Waals surface area contributed by atoms with Crippen LogP contribution in [0, 0.1) is 0 Å². The van der Waals surface area contributed by atoms with E-state index in [0.717, 1.165) is 27.6 Å². The van der Waals surface area contributed by atoms with E-state index in [1.54, 1.807) is 0 Å². The van der Waals surface area contributed by atoms with Crippen molar-refractivity contribution < 1.29 is 0 Å². The lowest BCUT2D eigenvalue weighted by molar-refractivity contribution is 0.776. The molecule has 0 radical (unpaired) electrons. The normalized spacial score (nSPS) is 10.8. The molecule has 0 N–H and O–H groups in total. The van der Waals surface area contributed by atoms with Gasteiger partial charge in [-0.3, -0.25) is 4.98 Å². The second kappa shape index (κ2) is 4.71. The summed E-state index contributed by atoms with van der Waals surface area (Å²) in [6.07, 6.45) is 5.27. The van der Waals surface area contributed by atoms with E-state index in [1.807, 2.05) is 24.4 Å². The minimum Gasteiger partial charge on any atom is -0.253 e. The molecule has 0 bridgehead atoms. The van der Waals surface area contributed by atoms with Crippen LogP contribution in [0.2, 0.25) is 0 Å². The van der Waals surface area contributed by atoms with E-state index < -0.39 is 0 Å². The molecule has 0 aliphatic rings. The maximum absolute atomic E-state index is 4.57. The van der Waals surface area contributed by atoms with Gasteiger partial charge in [0.05, 0.1) is 16.7 Å². The first kappa shape index (κ1) is 10.6. The maximum Gasteiger partial charge on any atom is 0.0898 e. The molecule has 1 aromatic carbocycles. The summed E-state index contributed by atoms with van der Waals surface area (Å²) in [6, 6.07) is 5.99. The SMILES string of the molecule is CCCCc1cnc2cc(Br)ccc2n1. The van der Waals surface area contributed by atoms with Gasteiger partial charge in [0.2, 0.25) is 0 Å². The fourth-order valence-corrected chi connectivity index (χ4v) is 1.85. The van der Waals surface area contributed by atoms with Crippen LogP contribution >= 0.6 is 15.9 Å². The quantitative estimate of drug-likeness (QED) is 0.844. The Morgan fingerprint density at radius 2 is 2.13 bits per heavy atom. The van der Waals surface area contributed by atoms with Gasteiger partial charge in [0.15, 0.2) is 0 Å². The average Bonchev–Trinajstić information content (AvgIpc) is 2.26. The van der Waals surface area contributed by atoms with Crippen LogP contribution in [0.4, 0.5) is 0 Å². The highest BCUT2D eigenvalue weighted by atomic mass is 79.9. The van der Waals surface area contributed by atoms with Gasteiger partial charge < -0.3 is 0 Å². The van der Waals surface area contributed by atoms with Gasteiger partial charge in [0.25, 0.3) is 0 Å². The lowest BCUT2D eigenvalue weighted by atomic mass is 10.2. The van der Waals surface area contributed by atoms with Gasteiger partial charge in [-0.25, -0.2) is 4.98 Å². The first-order valence-electron chi connectivity index (χ1n) is 5.21. The molecule has 0 saturated heterocycles. The highest BCUT2D eigenvalue weighted by molar-refractivity contribution is 9.10. The van der Waals surface area contributed by atoms with Crippen molar-refractivity contribution in [3.8, 4) is 0 Å². The average molecular weight is 265 g/mol. The number of aromatic nitrogens is 2. The van der Waals surface area contributed by atoms with Gasteiger partial charge >= 0.3 is 0 Å². The number of rotatable bonds is 3. The molecular formula is C12H13BrN2. The van der Waals surface area contributed by atoms with E-state index in [0.29, 0.717) is 0 Å². The summed E-state index contributed by atoms with van der Waals surface area (Å²) in [5.74, 6) is 0. The summed E-state index contributed by atoms with van der Waals surface area (Å²) in [5.41, 5.74) is 3.02. The number of hydrogen-bond donors (Lipinski definition) is 0. The van der Waals surface area contributed by atoms with Crippen molar-refractivity contribution in [2.45, 2.75) is 26.2 Å². The van der Waals surface area contributed by atoms with E-state index in [1.165, 1.54) is 12.8 Å². The molecule has 2 rings (SSSR count). The van der Waals surface area contributed by atoms with E-state index >= 15 is 0 Å². The Kier molecular flexibility index (Phi) is 3.31. The van der Waals surface area contributed by atoms with Crippen molar-refractivity contribution in [2.24, 2.45) is 0 Å². The summed E-state index contributed by atoms with van der Waals surface area (Å²) in [6.45, 7) is 2.19.